The Hall–Kier alpha value is -1.84. The normalized spacial score (nSPS) is 11.0. The minimum Gasteiger partial charge on any atom is -0.481 e. The van der Waals surface area contributed by atoms with Crippen LogP contribution in [0.2, 0.25) is 0 Å². The van der Waals surface area contributed by atoms with Gasteiger partial charge in [0.25, 0.3) is 0 Å². The van der Waals surface area contributed by atoms with Crippen LogP contribution < -0.4 is 10.5 Å². The van der Waals surface area contributed by atoms with Crippen molar-refractivity contribution in [2.45, 2.75) is 0 Å². The molecule has 0 aliphatic carbocycles. The summed E-state index contributed by atoms with van der Waals surface area (Å²) in [6, 6.07) is 5.31. The largest absolute Gasteiger partial charge is 0.481 e. The highest BCUT2D eigenvalue weighted by Gasteiger charge is 2.00. The second-order valence-electron chi connectivity index (χ2n) is 2.33. The van der Waals surface area contributed by atoms with E-state index in [-0.39, 0.29) is 0 Å². The standard InChI is InChI=1S/C9H11N3O/c1-13-9-4-2-3-8(12-9)7(5-10)6-11/h2-6,10H,11H2,1H3/b7-6+,10-5?. The van der Waals surface area contributed by atoms with E-state index in [1.54, 1.807) is 25.3 Å². The fourth-order valence-electron chi connectivity index (χ4n) is 0.897. The number of rotatable bonds is 3. The van der Waals surface area contributed by atoms with Crippen molar-refractivity contribution in [3.8, 4) is 5.88 Å². The number of allylic oxidation sites excluding steroid dienone is 1. The zero-order valence-electron chi connectivity index (χ0n) is 7.32. The quantitative estimate of drug-likeness (QED) is 0.677. The topological polar surface area (TPSA) is 72.0 Å². The van der Waals surface area contributed by atoms with Crippen LogP contribution in [-0.2, 0) is 0 Å². The van der Waals surface area contributed by atoms with Gasteiger partial charge in [-0.25, -0.2) is 4.98 Å². The number of methoxy groups -OCH3 is 1. The lowest BCUT2D eigenvalue weighted by molar-refractivity contribution is 0.397. The molecule has 0 saturated carbocycles. The van der Waals surface area contributed by atoms with E-state index in [4.69, 9.17) is 15.9 Å². The van der Waals surface area contributed by atoms with Crippen LogP contribution in [0.25, 0.3) is 5.57 Å². The minimum absolute atomic E-state index is 0.513. The van der Waals surface area contributed by atoms with E-state index in [1.165, 1.54) is 6.20 Å². The van der Waals surface area contributed by atoms with E-state index in [0.29, 0.717) is 17.1 Å². The SMILES string of the molecule is COc1cccc(/C(C=N)=C/N)n1. The summed E-state index contributed by atoms with van der Waals surface area (Å²) < 4.78 is 4.94. The zero-order chi connectivity index (χ0) is 9.68. The van der Waals surface area contributed by atoms with Crippen molar-refractivity contribution in [3.05, 3.63) is 30.1 Å². The Morgan fingerprint density at radius 2 is 2.38 bits per heavy atom. The number of ether oxygens (including phenoxy) is 1. The third kappa shape index (κ3) is 2.05. The predicted octanol–water partition coefficient (Wildman–Crippen LogP) is 1.04. The molecule has 0 amide bonds. The average Bonchev–Trinajstić information content (AvgIpc) is 2.20. The maximum atomic E-state index is 7.07. The van der Waals surface area contributed by atoms with Crippen molar-refractivity contribution >= 4 is 11.8 Å². The zero-order valence-corrected chi connectivity index (χ0v) is 7.32. The van der Waals surface area contributed by atoms with Gasteiger partial charge in [-0.15, -0.1) is 0 Å². The third-order valence-corrected chi connectivity index (χ3v) is 1.56. The van der Waals surface area contributed by atoms with Crippen LogP contribution in [0.3, 0.4) is 0 Å². The van der Waals surface area contributed by atoms with Gasteiger partial charge in [0.2, 0.25) is 5.88 Å². The summed E-state index contributed by atoms with van der Waals surface area (Å²) in [4.78, 5) is 4.11. The Balaban J connectivity index is 3.07. The number of nitrogens with one attached hydrogen (secondary N) is 1. The monoisotopic (exact) mass is 177 g/mol. The first-order chi connectivity index (χ1) is 6.31. The van der Waals surface area contributed by atoms with Crippen LogP contribution in [0.15, 0.2) is 24.4 Å². The van der Waals surface area contributed by atoms with Crippen molar-refractivity contribution in [2.24, 2.45) is 5.73 Å². The molecule has 0 fully saturated rings. The van der Waals surface area contributed by atoms with Gasteiger partial charge in [0.05, 0.1) is 12.8 Å². The maximum Gasteiger partial charge on any atom is 0.213 e. The van der Waals surface area contributed by atoms with Gasteiger partial charge in [0.15, 0.2) is 0 Å². The number of pyridine rings is 1. The summed E-state index contributed by atoms with van der Waals surface area (Å²) in [7, 11) is 1.54. The first-order valence-electron chi connectivity index (χ1n) is 3.75. The highest BCUT2D eigenvalue weighted by molar-refractivity contribution is 6.07. The summed E-state index contributed by atoms with van der Waals surface area (Å²) in [5.74, 6) is 0.513. The molecule has 0 saturated heterocycles. The fraction of sp³-hybridized carbons (Fsp3) is 0.111. The van der Waals surface area contributed by atoms with Crippen molar-refractivity contribution < 1.29 is 4.74 Å². The van der Waals surface area contributed by atoms with E-state index in [9.17, 15) is 0 Å². The fourth-order valence-corrected chi connectivity index (χ4v) is 0.897. The molecular formula is C9H11N3O. The average molecular weight is 177 g/mol. The first kappa shape index (κ1) is 9.25. The first-order valence-corrected chi connectivity index (χ1v) is 3.75. The lowest BCUT2D eigenvalue weighted by Crippen LogP contribution is -1.95. The predicted molar refractivity (Wildman–Crippen MR) is 51.7 cm³/mol. The van der Waals surface area contributed by atoms with E-state index in [0.717, 1.165) is 6.21 Å². The Morgan fingerprint density at radius 1 is 1.62 bits per heavy atom. The Labute approximate surface area is 76.6 Å². The molecule has 0 aromatic carbocycles. The molecule has 0 aliphatic rings. The Morgan fingerprint density at radius 3 is 2.92 bits per heavy atom. The smallest absolute Gasteiger partial charge is 0.213 e. The van der Waals surface area contributed by atoms with Gasteiger partial charge < -0.3 is 15.9 Å². The molecule has 1 aromatic heterocycles. The summed E-state index contributed by atoms with van der Waals surface area (Å²) in [5, 5.41) is 7.07. The van der Waals surface area contributed by atoms with Crippen LogP contribution in [0.4, 0.5) is 0 Å². The molecule has 1 aromatic rings. The second kappa shape index (κ2) is 4.25. The third-order valence-electron chi connectivity index (χ3n) is 1.56. The van der Waals surface area contributed by atoms with Crippen molar-refractivity contribution in [3.63, 3.8) is 0 Å². The van der Waals surface area contributed by atoms with Gasteiger partial charge in [-0.2, -0.15) is 0 Å². The lowest BCUT2D eigenvalue weighted by Gasteiger charge is -2.02. The number of nitrogens with two attached hydrogens (primary N) is 1. The molecule has 4 heteroatoms. The van der Waals surface area contributed by atoms with E-state index >= 15 is 0 Å². The van der Waals surface area contributed by atoms with Gasteiger partial charge >= 0.3 is 0 Å². The lowest BCUT2D eigenvalue weighted by atomic mass is 10.2. The van der Waals surface area contributed by atoms with Crippen molar-refractivity contribution in [1.82, 2.24) is 4.98 Å². The summed E-state index contributed by atoms with van der Waals surface area (Å²) in [5.41, 5.74) is 6.52. The number of hydrogen-bond acceptors (Lipinski definition) is 4. The minimum atomic E-state index is 0.513. The van der Waals surface area contributed by atoms with Gasteiger partial charge in [-0.1, -0.05) is 6.07 Å². The van der Waals surface area contributed by atoms with Gasteiger partial charge in [-0.3, -0.25) is 0 Å². The highest BCUT2D eigenvalue weighted by atomic mass is 16.5. The van der Waals surface area contributed by atoms with Gasteiger partial charge in [0.1, 0.15) is 0 Å². The van der Waals surface area contributed by atoms with E-state index < -0.39 is 0 Å². The van der Waals surface area contributed by atoms with Gasteiger partial charge in [-0.05, 0) is 6.07 Å². The van der Waals surface area contributed by atoms with E-state index in [1.807, 2.05) is 0 Å². The molecule has 0 radical (unpaired) electrons. The molecule has 0 aliphatic heterocycles. The van der Waals surface area contributed by atoms with Crippen LogP contribution in [0.1, 0.15) is 5.69 Å². The number of aromatic nitrogens is 1. The molecule has 0 spiro atoms. The molecule has 1 rings (SSSR count). The van der Waals surface area contributed by atoms with Crippen LogP contribution >= 0.6 is 0 Å². The molecule has 3 N–H and O–H groups in total. The van der Waals surface area contributed by atoms with Crippen LogP contribution in [0.5, 0.6) is 5.88 Å². The molecule has 13 heavy (non-hydrogen) atoms. The van der Waals surface area contributed by atoms with Crippen molar-refractivity contribution in [2.75, 3.05) is 7.11 Å². The molecule has 4 nitrogen and oxygen atoms in total. The molecule has 0 atom stereocenters. The molecule has 68 valence electrons. The Kier molecular flexibility index (Phi) is 3.03. The Bertz CT molecular complexity index is 333. The number of nitrogens with zero attached hydrogens (tertiary/aromatic N) is 1. The van der Waals surface area contributed by atoms with E-state index in [2.05, 4.69) is 4.98 Å². The summed E-state index contributed by atoms with van der Waals surface area (Å²) in [6.45, 7) is 0. The summed E-state index contributed by atoms with van der Waals surface area (Å²) >= 11 is 0. The van der Waals surface area contributed by atoms with Crippen LogP contribution in [0, 0.1) is 5.41 Å². The number of hydrogen-bond donors (Lipinski definition) is 2. The molecular weight excluding hydrogens is 166 g/mol. The van der Waals surface area contributed by atoms with Crippen LogP contribution in [-0.4, -0.2) is 18.3 Å². The maximum absolute atomic E-state index is 7.07. The second-order valence-corrected chi connectivity index (χ2v) is 2.33. The molecule has 0 unspecified atom stereocenters. The molecule has 0 bridgehead atoms. The molecule has 1 heterocycles. The summed E-state index contributed by atoms with van der Waals surface area (Å²) in [6.07, 6.45) is 2.50. The highest BCUT2D eigenvalue weighted by Crippen LogP contribution is 2.12. The van der Waals surface area contributed by atoms with Crippen molar-refractivity contribution in [1.29, 1.82) is 5.41 Å². The van der Waals surface area contributed by atoms with Gasteiger partial charge in [0, 0.05) is 24.1 Å².